The molecular formula is C21H24F2N3O2+. The number of hydrogen-bond donors (Lipinski definition) is 2. The monoisotopic (exact) mass is 388 g/mol. The molecule has 0 bridgehead atoms. The van der Waals surface area contributed by atoms with Gasteiger partial charge in [-0.05, 0) is 42.3 Å². The predicted octanol–water partition coefficient (Wildman–Crippen LogP) is 1.26. The highest BCUT2D eigenvalue weighted by Crippen LogP contribution is 2.09. The summed E-state index contributed by atoms with van der Waals surface area (Å²) in [7, 11) is 0. The molecule has 0 atom stereocenters. The van der Waals surface area contributed by atoms with Crippen molar-refractivity contribution in [1.29, 1.82) is 0 Å². The van der Waals surface area contributed by atoms with Gasteiger partial charge in [0.2, 0.25) is 5.91 Å². The molecule has 0 saturated carbocycles. The number of piperazine rings is 1. The Labute approximate surface area is 162 Å². The number of benzene rings is 2. The number of amides is 2. The van der Waals surface area contributed by atoms with Gasteiger partial charge >= 0.3 is 0 Å². The number of aryl methyl sites for hydroxylation is 1. The maximum atomic E-state index is 13.2. The number of hydrogen-bond acceptors (Lipinski definition) is 2. The number of carbonyl (C=O) groups excluding carboxylic acids is 2. The second-order valence-corrected chi connectivity index (χ2v) is 6.99. The SMILES string of the molecule is O=C(C[NH+]1CCN(C(=O)CCc2ccc(F)cc2)CC1)Nc1cccc(F)c1. The van der Waals surface area contributed by atoms with Crippen LogP contribution in [0.25, 0.3) is 0 Å². The lowest BCUT2D eigenvalue weighted by Crippen LogP contribution is -3.15. The summed E-state index contributed by atoms with van der Waals surface area (Å²) in [4.78, 5) is 27.4. The van der Waals surface area contributed by atoms with Crippen molar-refractivity contribution in [2.45, 2.75) is 12.8 Å². The molecule has 2 amide bonds. The van der Waals surface area contributed by atoms with Crippen LogP contribution in [0, 0.1) is 11.6 Å². The van der Waals surface area contributed by atoms with E-state index < -0.39 is 5.82 Å². The number of nitrogens with one attached hydrogen (secondary N) is 2. The van der Waals surface area contributed by atoms with Gasteiger partial charge in [-0.15, -0.1) is 0 Å². The molecule has 0 aliphatic carbocycles. The fraction of sp³-hybridized carbons (Fsp3) is 0.333. The van der Waals surface area contributed by atoms with Crippen molar-refractivity contribution in [3.8, 4) is 0 Å². The van der Waals surface area contributed by atoms with E-state index in [9.17, 15) is 18.4 Å². The van der Waals surface area contributed by atoms with Crippen molar-refractivity contribution in [2.75, 3.05) is 38.0 Å². The lowest BCUT2D eigenvalue weighted by molar-refractivity contribution is -0.895. The second kappa shape index (κ2) is 9.41. The van der Waals surface area contributed by atoms with Crippen molar-refractivity contribution in [3.05, 3.63) is 65.7 Å². The number of carbonyl (C=O) groups is 2. The van der Waals surface area contributed by atoms with Gasteiger partial charge in [0.1, 0.15) is 11.6 Å². The highest BCUT2D eigenvalue weighted by atomic mass is 19.1. The van der Waals surface area contributed by atoms with E-state index in [-0.39, 0.29) is 24.2 Å². The van der Waals surface area contributed by atoms with Crippen LogP contribution in [0.3, 0.4) is 0 Å². The normalized spacial score (nSPS) is 14.7. The highest BCUT2D eigenvalue weighted by Gasteiger charge is 2.25. The van der Waals surface area contributed by atoms with Gasteiger partial charge < -0.3 is 15.1 Å². The number of anilines is 1. The van der Waals surface area contributed by atoms with Gasteiger partial charge in [0.05, 0.1) is 26.2 Å². The van der Waals surface area contributed by atoms with Gasteiger partial charge in [0, 0.05) is 12.1 Å². The Kier molecular flexibility index (Phi) is 6.71. The Morgan fingerprint density at radius 3 is 2.39 bits per heavy atom. The number of nitrogens with zero attached hydrogens (tertiary/aromatic N) is 1. The zero-order chi connectivity index (χ0) is 19.9. The average molecular weight is 388 g/mol. The highest BCUT2D eigenvalue weighted by molar-refractivity contribution is 5.91. The first kappa shape index (κ1) is 19.9. The Hall–Kier alpha value is -2.80. The van der Waals surface area contributed by atoms with Crippen LogP contribution in [0.1, 0.15) is 12.0 Å². The maximum absolute atomic E-state index is 13.2. The molecule has 0 aromatic heterocycles. The zero-order valence-electron chi connectivity index (χ0n) is 15.6. The van der Waals surface area contributed by atoms with E-state index in [1.165, 1.54) is 24.3 Å². The molecule has 0 unspecified atom stereocenters. The molecule has 28 heavy (non-hydrogen) atoms. The molecule has 1 saturated heterocycles. The van der Waals surface area contributed by atoms with E-state index in [0.29, 0.717) is 44.7 Å². The molecule has 1 fully saturated rings. The lowest BCUT2D eigenvalue weighted by Gasteiger charge is -2.32. The Bertz CT molecular complexity index is 819. The summed E-state index contributed by atoms with van der Waals surface area (Å²) in [5.41, 5.74) is 1.38. The molecule has 2 N–H and O–H groups in total. The molecule has 148 valence electrons. The van der Waals surface area contributed by atoms with Gasteiger partial charge in [0.25, 0.3) is 5.91 Å². The van der Waals surface area contributed by atoms with Crippen molar-refractivity contribution < 1.29 is 23.3 Å². The quantitative estimate of drug-likeness (QED) is 0.783. The molecule has 2 aromatic rings. The van der Waals surface area contributed by atoms with Gasteiger partial charge in [-0.1, -0.05) is 18.2 Å². The molecule has 2 aromatic carbocycles. The fourth-order valence-corrected chi connectivity index (χ4v) is 3.31. The first-order chi connectivity index (χ1) is 13.5. The van der Waals surface area contributed by atoms with E-state index in [0.717, 1.165) is 10.5 Å². The molecule has 0 radical (unpaired) electrons. The van der Waals surface area contributed by atoms with E-state index in [4.69, 9.17) is 0 Å². The number of halogens is 2. The van der Waals surface area contributed by atoms with Crippen molar-refractivity contribution >= 4 is 17.5 Å². The molecule has 0 spiro atoms. The van der Waals surface area contributed by atoms with Crippen LogP contribution < -0.4 is 10.2 Å². The molecule has 5 nitrogen and oxygen atoms in total. The van der Waals surface area contributed by atoms with Gasteiger partial charge in [0.15, 0.2) is 6.54 Å². The van der Waals surface area contributed by atoms with E-state index in [2.05, 4.69) is 5.32 Å². The molecular weight excluding hydrogens is 364 g/mol. The molecule has 1 aliphatic heterocycles. The average Bonchev–Trinajstić information content (AvgIpc) is 2.68. The second-order valence-electron chi connectivity index (χ2n) is 6.99. The van der Waals surface area contributed by atoms with Crippen LogP contribution in [0.15, 0.2) is 48.5 Å². The maximum Gasteiger partial charge on any atom is 0.279 e. The molecule has 7 heteroatoms. The third-order valence-electron chi connectivity index (χ3n) is 4.88. The molecule has 1 heterocycles. The largest absolute Gasteiger partial charge is 0.331 e. The molecule has 3 rings (SSSR count). The van der Waals surface area contributed by atoms with Gasteiger partial charge in [-0.3, -0.25) is 9.59 Å². The van der Waals surface area contributed by atoms with Crippen molar-refractivity contribution in [3.63, 3.8) is 0 Å². The Balaban J connectivity index is 1.39. The summed E-state index contributed by atoms with van der Waals surface area (Å²) < 4.78 is 26.1. The minimum Gasteiger partial charge on any atom is -0.331 e. The van der Waals surface area contributed by atoms with Crippen LogP contribution >= 0.6 is 0 Å². The van der Waals surface area contributed by atoms with Crippen molar-refractivity contribution in [1.82, 2.24) is 4.90 Å². The van der Waals surface area contributed by atoms with E-state index in [1.54, 1.807) is 24.3 Å². The van der Waals surface area contributed by atoms with Gasteiger partial charge in [-0.25, -0.2) is 8.78 Å². The third-order valence-corrected chi connectivity index (χ3v) is 4.88. The first-order valence-electron chi connectivity index (χ1n) is 9.41. The number of rotatable bonds is 6. The topological polar surface area (TPSA) is 53.9 Å². The predicted molar refractivity (Wildman–Crippen MR) is 102 cm³/mol. The van der Waals surface area contributed by atoms with Crippen LogP contribution in [-0.2, 0) is 16.0 Å². The van der Waals surface area contributed by atoms with Crippen LogP contribution in [-0.4, -0.2) is 49.4 Å². The van der Waals surface area contributed by atoms with Crippen LogP contribution in [0.5, 0.6) is 0 Å². The summed E-state index contributed by atoms with van der Waals surface area (Å²) in [6.45, 7) is 2.88. The summed E-state index contributed by atoms with van der Waals surface area (Å²) >= 11 is 0. The Morgan fingerprint density at radius 2 is 1.71 bits per heavy atom. The van der Waals surface area contributed by atoms with Crippen molar-refractivity contribution in [2.24, 2.45) is 0 Å². The Morgan fingerprint density at radius 1 is 1.00 bits per heavy atom. The number of quaternary nitrogens is 1. The van der Waals surface area contributed by atoms with E-state index >= 15 is 0 Å². The van der Waals surface area contributed by atoms with Crippen LogP contribution in [0.4, 0.5) is 14.5 Å². The minimum atomic E-state index is -0.391. The smallest absolute Gasteiger partial charge is 0.279 e. The lowest BCUT2D eigenvalue weighted by atomic mass is 10.1. The van der Waals surface area contributed by atoms with E-state index in [1.807, 2.05) is 4.90 Å². The standard InChI is InChI=1S/C21H23F2N3O2/c22-17-7-4-16(5-8-17)6-9-21(28)26-12-10-25(11-13-26)15-20(27)24-19-3-1-2-18(23)14-19/h1-5,7-8,14H,6,9-13,15H2,(H,24,27)/p+1. The summed E-state index contributed by atoms with van der Waals surface area (Å²) in [5, 5.41) is 2.70. The van der Waals surface area contributed by atoms with Gasteiger partial charge in [-0.2, -0.15) is 0 Å². The summed E-state index contributed by atoms with van der Waals surface area (Å²) in [5.74, 6) is -0.766. The minimum absolute atomic E-state index is 0.0765. The summed E-state index contributed by atoms with van der Waals surface area (Å²) in [6.07, 6.45) is 0.975. The summed E-state index contributed by atoms with van der Waals surface area (Å²) in [6, 6.07) is 12.0. The van der Waals surface area contributed by atoms with Crippen LogP contribution in [0.2, 0.25) is 0 Å². The fourth-order valence-electron chi connectivity index (χ4n) is 3.31. The zero-order valence-corrected chi connectivity index (χ0v) is 15.6. The third kappa shape index (κ3) is 5.85. The first-order valence-corrected chi connectivity index (χ1v) is 9.41. The molecule has 1 aliphatic rings.